The molecule has 1 heterocycles. The molecule has 0 saturated carbocycles. The van der Waals surface area contributed by atoms with E-state index in [1.54, 1.807) is 12.1 Å². The summed E-state index contributed by atoms with van der Waals surface area (Å²) < 4.78 is 28.2. The summed E-state index contributed by atoms with van der Waals surface area (Å²) >= 11 is 0. The highest BCUT2D eigenvalue weighted by Crippen LogP contribution is 2.36. The van der Waals surface area contributed by atoms with E-state index in [9.17, 15) is 8.78 Å². The van der Waals surface area contributed by atoms with Gasteiger partial charge in [0.15, 0.2) is 0 Å². The Kier molecular flexibility index (Phi) is 4.00. The third kappa shape index (κ3) is 3.08. The first kappa shape index (κ1) is 13.5. The Hall–Kier alpha value is -0.960. The minimum atomic E-state index is -2.70. The molecule has 1 saturated heterocycles. The van der Waals surface area contributed by atoms with Crippen LogP contribution in [0.1, 0.15) is 43.7 Å². The molecule has 3 heteroatoms. The molecule has 1 aliphatic heterocycles. The van der Waals surface area contributed by atoms with E-state index in [1.807, 2.05) is 12.1 Å². The van der Waals surface area contributed by atoms with Gasteiger partial charge in [0, 0.05) is 12.0 Å². The van der Waals surface area contributed by atoms with Crippen LogP contribution in [0.2, 0.25) is 0 Å². The molecule has 0 aliphatic carbocycles. The topological polar surface area (TPSA) is 12.0 Å². The molecule has 1 aromatic carbocycles. The van der Waals surface area contributed by atoms with Crippen LogP contribution in [-0.2, 0) is 5.92 Å². The second kappa shape index (κ2) is 5.35. The van der Waals surface area contributed by atoms with Crippen molar-refractivity contribution in [1.29, 1.82) is 0 Å². The maximum absolute atomic E-state index is 14.1. The van der Waals surface area contributed by atoms with Gasteiger partial charge in [0.2, 0.25) is 0 Å². The first-order chi connectivity index (χ1) is 8.49. The van der Waals surface area contributed by atoms with Crippen molar-refractivity contribution >= 4 is 0 Å². The highest BCUT2D eigenvalue weighted by Gasteiger charge is 2.35. The molecule has 100 valence electrons. The van der Waals surface area contributed by atoms with Gasteiger partial charge >= 0.3 is 0 Å². The maximum atomic E-state index is 14.1. The van der Waals surface area contributed by atoms with E-state index in [2.05, 4.69) is 19.2 Å². The average Bonchev–Trinajstić information content (AvgIpc) is 2.81. The molecular formula is C15H21F2N. The van der Waals surface area contributed by atoms with Gasteiger partial charge in [0.25, 0.3) is 5.92 Å². The first-order valence-electron chi connectivity index (χ1n) is 6.68. The Bertz CT molecular complexity index is 378. The fourth-order valence-corrected chi connectivity index (χ4v) is 2.48. The predicted octanol–water partition coefficient (Wildman–Crippen LogP) is 3.90. The molecule has 0 bridgehead atoms. The van der Waals surface area contributed by atoms with Gasteiger partial charge in [-0.15, -0.1) is 0 Å². The fourth-order valence-electron chi connectivity index (χ4n) is 2.48. The number of alkyl halides is 2. The van der Waals surface area contributed by atoms with Crippen molar-refractivity contribution in [3.05, 3.63) is 35.4 Å². The Labute approximate surface area is 108 Å². The lowest BCUT2D eigenvalue weighted by molar-refractivity contribution is -0.0268. The van der Waals surface area contributed by atoms with Crippen LogP contribution in [-0.4, -0.2) is 13.1 Å². The van der Waals surface area contributed by atoms with Crippen molar-refractivity contribution in [3.63, 3.8) is 0 Å². The summed E-state index contributed by atoms with van der Waals surface area (Å²) in [6.45, 7) is 5.72. The Balaban J connectivity index is 2.08. The molecule has 1 N–H and O–H groups in total. The van der Waals surface area contributed by atoms with E-state index in [-0.39, 0.29) is 17.9 Å². The van der Waals surface area contributed by atoms with Crippen LogP contribution in [0.15, 0.2) is 24.3 Å². The molecule has 0 aromatic heterocycles. The van der Waals surface area contributed by atoms with Crippen molar-refractivity contribution in [2.24, 2.45) is 5.92 Å². The standard InChI is InChI=1S/C15H21F2N/c1-11(2)13-3-5-14(6-4-13)15(16,17)9-12-7-8-18-10-12/h3-6,11-12,18H,7-10H2,1-2H3. The third-order valence-corrected chi connectivity index (χ3v) is 3.71. The lowest BCUT2D eigenvalue weighted by Crippen LogP contribution is -2.20. The van der Waals surface area contributed by atoms with Gasteiger partial charge in [-0.25, -0.2) is 8.78 Å². The van der Waals surface area contributed by atoms with E-state index in [0.29, 0.717) is 5.92 Å². The number of hydrogen-bond donors (Lipinski definition) is 1. The minimum absolute atomic E-state index is 0.0406. The first-order valence-corrected chi connectivity index (χ1v) is 6.68. The molecule has 1 aromatic rings. The summed E-state index contributed by atoms with van der Waals surface area (Å²) in [6.07, 6.45) is 0.820. The SMILES string of the molecule is CC(C)c1ccc(C(F)(F)CC2CCNC2)cc1. The van der Waals surface area contributed by atoms with E-state index in [4.69, 9.17) is 0 Å². The summed E-state index contributed by atoms with van der Waals surface area (Å²) in [5, 5.41) is 3.14. The highest BCUT2D eigenvalue weighted by atomic mass is 19.3. The Morgan fingerprint density at radius 1 is 1.28 bits per heavy atom. The molecule has 0 radical (unpaired) electrons. The minimum Gasteiger partial charge on any atom is -0.316 e. The van der Waals surface area contributed by atoms with E-state index in [1.165, 1.54) is 0 Å². The monoisotopic (exact) mass is 253 g/mol. The molecule has 1 nitrogen and oxygen atoms in total. The molecule has 0 amide bonds. The van der Waals surface area contributed by atoms with Crippen molar-refractivity contribution < 1.29 is 8.78 Å². The van der Waals surface area contributed by atoms with E-state index in [0.717, 1.165) is 25.1 Å². The van der Waals surface area contributed by atoms with Gasteiger partial charge in [-0.05, 0) is 36.9 Å². The normalized spacial score (nSPS) is 20.6. The zero-order valence-corrected chi connectivity index (χ0v) is 11.0. The zero-order chi connectivity index (χ0) is 13.2. The van der Waals surface area contributed by atoms with Gasteiger partial charge in [-0.2, -0.15) is 0 Å². The molecule has 18 heavy (non-hydrogen) atoms. The molecule has 1 unspecified atom stereocenters. The predicted molar refractivity (Wildman–Crippen MR) is 70.0 cm³/mol. The van der Waals surface area contributed by atoms with Crippen LogP contribution in [0, 0.1) is 5.92 Å². The van der Waals surface area contributed by atoms with Crippen LogP contribution >= 0.6 is 0 Å². The number of nitrogens with one attached hydrogen (secondary N) is 1. The quantitative estimate of drug-likeness (QED) is 0.858. The lowest BCUT2D eigenvalue weighted by Gasteiger charge is -2.20. The summed E-state index contributed by atoms with van der Waals surface area (Å²) in [5.74, 6) is -2.22. The summed E-state index contributed by atoms with van der Waals surface area (Å²) in [7, 11) is 0. The number of rotatable bonds is 4. The second-order valence-corrected chi connectivity index (χ2v) is 5.54. The van der Waals surface area contributed by atoms with E-state index >= 15 is 0 Å². The lowest BCUT2D eigenvalue weighted by atomic mass is 9.93. The van der Waals surface area contributed by atoms with Crippen LogP contribution in [0.3, 0.4) is 0 Å². The molecule has 1 aliphatic rings. The average molecular weight is 253 g/mol. The van der Waals surface area contributed by atoms with Gasteiger partial charge in [-0.1, -0.05) is 38.1 Å². The van der Waals surface area contributed by atoms with Crippen LogP contribution in [0.25, 0.3) is 0 Å². The van der Waals surface area contributed by atoms with Crippen molar-refractivity contribution in [3.8, 4) is 0 Å². The molecular weight excluding hydrogens is 232 g/mol. The largest absolute Gasteiger partial charge is 0.316 e. The highest BCUT2D eigenvalue weighted by molar-refractivity contribution is 5.27. The molecule has 0 spiro atoms. The van der Waals surface area contributed by atoms with Crippen molar-refractivity contribution in [2.45, 2.75) is 38.5 Å². The number of halogens is 2. The maximum Gasteiger partial charge on any atom is 0.273 e. The van der Waals surface area contributed by atoms with Crippen molar-refractivity contribution in [1.82, 2.24) is 5.32 Å². The molecule has 2 rings (SSSR count). The Morgan fingerprint density at radius 2 is 1.94 bits per heavy atom. The summed E-state index contributed by atoms with van der Waals surface area (Å²) in [6, 6.07) is 6.80. The smallest absolute Gasteiger partial charge is 0.273 e. The third-order valence-electron chi connectivity index (χ3n) is 3.71. The Morgan fingerprint density at radius 3 is 2.44 bits per heavy atom. The number of hydrogen-bond acceptors (Lipinski definition) is 1. The number of benzene rings is 1. The van der Waals surface area contributed by atoms with Crippen LogP contribution < -0.4 is 5.32 Å². The van der Waals surface area contributed by atoms with Gasteiger partial charge in [0.05, 0.1) is 0 Å². The fraction of sp³-hybridized carbons (Fsp3) is 0.600. The van der Waals surface area contributed by atoms with Gasteiger partial charge in [-0.3, -0.25) is 0 Å². The van der Waals surface area contributed by atoms with Gasteiger partial charge < -0.3 is 5.32 Å². The molecule has 1 atom stereocenters. The zero-order valence-electron chi connectivity index (χ0n) is 11.0. The summed E-state index contributed by atoms with van der Waals surface area (Å²) in [5.41, 5.74) is 1.26. The second-order valence-electron chi connectivity index (χ2n) is 5.54. The van der Waals surface area contributed by atoms with Crippen LogP contribution in [0.5, 0.6) is 0 Å². The van der Waals surface area contributed by atoms with Crippen molar-refractivity contribution in [2.75, 3.05) is 13.1 Å². The summed E-state index contributed by atoms with van der Waals surface area (Å²) in [4.78, 5) is 0. The van der Waals surface area contributed by atoms with Crippen LogP contribution in [0.4, 0.5) is 8.78 Å². The molecule has 1 fully saturated rings. The van der Waals surface area contributed by atoms with E-state index < -0.39 is 5.92 Å². The van der Waals surface area contributed by atoms with Gasteiger partial charge in [0.1, 0.15) is 0 Å².